The lowest BCUT2D eigenvalue weighted by atomic mass is 10.1. The second-order valence-corrected chi connectivity index (χ2v) is 7.27. The number of aryl methyl sites for hydroxylation is 2. The molecule has 0 N–H and O–H groups in total. The van der Waals surface area contributed by atoms with E-state index < -0.39 is 0 Å². The second kappa shape index (κ2) is 7.75. The van der Waals surface area contributed by atoms with Gasteiger partial charge in [0.2, 0.25) is 5.91 Å². The van der Waals surface area contributed by atoms with Crippen molar-refractivity contribution in [2.24, 2.45) is 0 Å². The first-order chi connectivity index (χ1) is 11.6. The molecule has 0 atom stereocenters. The number of fused-ring (bicyclic) bond motifs is 1. The van der Waals surface area contributed by atoms with Crippen LogP contribution in [0.25, 0.3) is 0 Å². The molecule has 1 amide bonds. The molecule has 4 heteroatoms. The average Bonchev–Trinajstić information content (AvgIpc) is 2.76. The molecule has 1 heterocycles. The molecule has 0 unspecified atom stereocenters. The van der Waals surface area contributed by atoms with Crippen LogP contribution in [0.2, 0.25) is 0 Å². The van der Waals surface area contributed by atoms with Crippen LogP contribution in [0.4, 0.5) is 5.69 Å². The second-order valence-electron chi connectivity index (χ2n) is 6.14. The van der Waals surface area contributed by atoms with Crippen molar-refractivity contribution < 1.29 is 9.53 Å². The number of rotatable bonds is 4. The molecule has 0 saturated carbocycles. The molecule has 3 nitrogen and oxygen atoms in total. The van der Waals surface area contributed by atoms with Crippen LogP contribution < -0.4 is 9.64 Å². The van der Waals surface area contributed by atoms with E-state index in [0.717, 1.165) is 30.2 Å². The first-order valence-corrected chi connectivity index (χ1v) is 9.35. The molecule has 0 aliphatic carbocycles. The van der Waals surface area contributed by atoms with Crippen molar-refractivity contribution in [3.63, 3.8) is 0 Å². The summed E-state index contributed by atoms with van der Waals surface area (Å²) < 4.78 is 5.80. The summed E-state index contributed by atoms with van der Waals surface area (Å²) in [5.74, 6) is 2.03. The molecule has 0 fully saturated rings. The van der Waals surface area contributed by atoms with Crippen LogP contribution in [0.3, 0.4) is 0 Å². The lowest BCUT2D eigenvalue weighted by Crippen LogP contribution is -2.32. The van der Waals surface area contributed by atoms with Gasteiger partial charge in [-0.3, -0.25) is 4.79 Å². The maximum atomic E-state index is 12.7. The highest BCUT2D eigenvalue weighted by Crippen LogP contribution is 2.33. The lowest BCUT2D eigenvalue weighted by Gasteiger charge is -2.22. The van der Waals surface area contributed by atoms with Gasteiger partial charge in [-0.1, -0.05) is 18.2 Å². The molecule has 1 aliphatic heterocycles. The van der Waals surface area contributed by atoms with E-state index in [4.69, 9.17) is 4.74 Å². The summed E-state index contributed by atoms with van der Waals surface area (Å²) in [6.45, 7) is 5.30. The zero-order valence-corrected chi connectivity index (χ0v) is 15.1. The van der Waals surface area contributed by atoms with Gasteiger partial charge in [-0.25, -0.2) is 0 Å². The number of carbonyl (C=O) groups excluding carboxylic acids is 1. The third kappa shape index (κ3) is 4.12. The first-order valence-electron chi connectivity index (χ1n) is 8.37. The Morgan fingerprint density at radius 1 is 1.17 bits per heavy atom. The van der Waals surface area contributed by atoms with Crippen molar-refractivity contribution in [1.82, 2.24) is 0 Å². The predicted molar refractivity (Wildman–Crippen MR) is 100 cm³/mol. The van der Waals surface area contributed by atoms with Crippen molar-refractivity contribution in [2.45, 2.75) is 31.6 Å². The SMILES string of the molecule is Cc1cc(C)cc(OCCC(=O)N2CCCSc3ccccc32)c1. The highest BCUT2D eigenvalue weighted by atomic mass is 32.2. The summed E-state index contributed by atoms with van der Waals surface area (Å²) in [5.41, 5.74) is 3.39. The highest BCUT2D eigenvalue weighted by molar-refractivity contribution is 7.99. The van der Waals surface area contributed by atoms with Crippen LogP contribution >= 0.6 is 11.8 Å². The topological polar surface area (TPSA) is 29.5 Å². The number of benzene rings is 2. The monoisotopic (exact) mass is 341 g/mol. The molecule has 0 spiro atoms. The fourth-order valence-corrected chi connectivity index (χ4v) is 3.99. The number of anilines is 1. The Labute approximate surface area is 148 Å². The molecule has 0 radical (unpaired) electrons. The minimum atomic E-state index is 0.134. The number of carbonyl (C=O) groups is 1. The average molecular weight is 341 g/mol. The summed E-state index contributed by atoms with van der Waals surface area (Å²) in [6, 6.07) is 14.3. The quantitative estimate of drug-likeness (QED) is 0.814. The van der Waals surface area contributed by atoms with Gasteiger partial charge in [-0.2, -0.15) is 0 Å². The molecular weight excluding hydrogens is 318 g/mol. The van der Waals surface area contributed by atoms with Gasteiger partial charge in [-0.15, -0.1) is 11.8 Å². The van der Waals surface area contributed by atoms with E-state index in [1.807, 2.05) is 47.0 Å². The Hall–Kier alpha value is -1.94. The maximum absolute atomic E-state index is 12.7. The van der Waals surface area contributed by atoms with E-state index in [1.54, 1.807) is 0 Å². The molecule has 1 aliphatic rings. The first kappa shape index (κ1) is 16.9. The zero-order chi connectivity index (χ0) is 16.9. The Morgan fingerprint density at radius 3 is 2.71 bits per heavy atom. The fraction of sp³-hybridized carbons (Fsp3) is 0.350. The molecule has 0 bridgehead atoms. The molecule has 3 rings (SSSR count). The van der Waals surface area contributed by atoms with E-state index in [0.29, 0.717) is 13.0 Å². The van der Waals surface area contributed by atoms with E-state index >= 15 is 0 Å². The number of hydrogen-bond acceptors (Lipinski definition) is 3. The van der Waals surface area contributed by atoms with Crippen LogP contribution in [0.5, 0.6) is 5.75 Å². The molecule has 24 heavy (non-hydrogen) atoms. The number of thioether (sulfide) groups is 1. The Bertz CT molecular complexity index is 709. The summed E-state index contributed by atoms with van der Waals surface area (Å²) in [4.78, 5) is 15.8. The summed E-state index contributed by atoms with van der Waals surface area (Å²) in [6.07, 6.45) is 1.41. The van der Waals surface area contributed by atoms with Gasteiger partial charge in [0.05, 0.1) is 18.7 Å². The number of para-hydroxylation sites is 1. The molecular formula is C20H23NO2S. The molecule has 0 saturated heterocycles. The van der Waals surface area contributed by atoms with E-state index in [-0.39, 0.29) is 5.91 Å². The van der Waals surface area contributed by atoms with Gasteiger partial charge >= 0.3 is 0 Å². The summed E-state index contributed by atoms with van der Waals surface area (Å²) >= 11 is 1.83. The lowest BCUT2D eigenvalue weighted by molar-refractivity contribution is -0.119. The minimum Gasteiger partial charge on any atom is -0.493 e. The molecule has 2 aromatic rings. The van der Waals surface area contributed by atoms with Crippen molar-refractivity contribution in [2.75, 3.05) is 23.8 Å². The fourth-order valence-electron chi connectivity index (χ4n) is 2.99. The Kier molecular flexibility index (Phi) is 5.46. The third-order valence-corrected chi connectivity index (χ3v) is 5.17. The maximum Gasteiger partial charge on any atom is 0.230 e. The normalized spacial score (nSPS) is 14.0. The standard InChI is InChI=1S/C20H23NO2S/c1-15-12-16(2)14-17(13-15)23-10-8-20(22)21-9-5-11-24-19-7-4-3-6-18(19)21/h3-4,6-7,12-14H,5,8-11H2,1-2H3. The number of hydrogen-bond donors (Lipinski definition) is 0. The smallest absolute Gasteiger partial charge is 0.230 e. The zero-order valence-electron chi connectivity index (χ0n) is 14.2. The van der Waals surface area contributed by atoms with Gasteiger partial charge in [0.1, 0.15) is 5.75 Å². The van der Waals surface area contributed by atoms with Crippen molar-refractivity contribution in [3.8, 4) is 5.75 Å². The highest BCUT2D eigenvalue weighted by Gasteiger charge is 2.20. The summed E-state index contributed by atoms with van der Waals surface area (Å²) in [5, 5.41) is 0. The number of nitrogens with zero attached hydrogens (tertiary/aromatic N) is 1. The van der Waals surface area contributed by atoms with Crippen LogP contribution in [0.15, 0.2) is 47.4 Å². The van der Waals surface area contributed by atoms with Gasteiger partial charge in [0.15, 0.2) is 0 Å². The molecule has 126 valence electrons. The summed E-state index contributed by atoms with van der Waals surface area (Å²) in [7, 11) is 0. The van der Waals surface area contributed by atoms with E-state index in [1.165, 1.54) is 16.0 Å². The third-order valence-electron chi connectivity index (χ3n) is 4.02. The van der Waals surface area contributed by atoms with Gasteiger partial charge in [0, 0.05) is 11.4 Å². The van der Waals surface area contributed by atoms with E-state index in [9.17, 15) is 4.79 Å². The van der Waals surface area contributed by atoms with E-state index in [2.05, 4.69) is 26.0 Å². The molecule has 2 aromatic carbocycles. The van der Waals surface area contributed by atoms with Crippen molar-refractivity contribution in [1.29, 1.82) is 0 Å². The van der Waals surface area contributed by atoms with Crippen LogP contribution in [-0.4, -0.2) is 24.8 Å². The van der Waals surface area contributed by atoms with Crippen molar-refractivity contribution >= 4 is 23.4 Å². The predicted octanol–water partition coefficient (Wildman–Crippen LogP) is 4.60. The Balaban J connectivity index is 1.63. The minimum absolute atomic E-state index is 0.134. The van der Waals surface area contributed by atoms with Gasteiger partial charge in [0.25, 0.3) is 0 Å². The molecule has 0 aromatic heterocycles. The van der Waals surface area contributed by atoms with Crippen LogP contribution in [0.1, 0.15) is 24.0 Å². The van der Waals surface area contributed by atoms with Crippen LogP contribution in [0, 0.1) is 13.8 Å². The Morgan fingerprint density at radius 2 is 1.92 bits per heavy atom. The number of amides is 1. The van der Waals surface area contributed by atoms with Gasteiger partial charge < -0.3 is 9.64 Å². The van der Waals surface area contributed by atoms with Crippen molar-refractivity contribution in [3.05, 3.63) is 53.6 Å². The van der Waals surface area contributed by atoms with Crippen LogP contribution in [-0.2, 0) is 4.79 Å². The number of ether oxygens (including phenoxy) is 1. The van der Waals surface area contributed by atoms with Gasteiger partial charge in [-0.05, 0) is 61.4 Å². The largest absolute Gasteiger partial charge is 0.493 e.